The van der Waals surface area contributed by atoms with Crippen LogP contribution in [0.1, 0.15) is 37.8 Å². The minimum absolute atomic E-state index is 0.196. The molecule has 1 aliphatic carbocycles. The van der Waals surface area contributed by atoms with Crippen molar-refractivity contribution >= 4 is 22.8 Å². The van der Waals surface area contributed by atoms with Crippen molar-refractivity contribution in [3.8, 4) is 5.75 Å². The topological polar surface area (TPSA) is 74.7 Å². The minimum atomic E-state index is -1.47. The van der Waals surface area contributed by atoms with Crippen molar-refractivity contribution in [3.63, 3.8) is 0 Å². The van der Waals surface area contributed by atoms with Crippen LogP contribution >= 0.6 is 0 Å². The maximum Gasteiger partial charge on any atom is 0.328 e. The van der Waals surface area contributed by atoms with E-state index in [-0.39, 0.29) is 13.2 Å². The lowest BCUT2D eigenvalue weighted by Crippen LogP contribution is -2.48. The van der Waals surface area contributed by atoms with E-state index in [0.29, 0.717) is 29.7 Å². The molecule has 138 valence electrons. The number of pyridine rings is 1. The van der Waals surface area contributed by atoms with Crippen LogP contribution in [0.2, 0.25) is 0 Å². The molecule has 2 aromatic rings. The second-order valence-electron chi connectivity index (χ2n) is 6.24. The molecule has 0 fully saturated rings. The van der Waals surface area contributed by atoms with Gasteiger partial charge in [-0.1, -0.05) is 0 Å². The minimum Gasteiger partial charge on any atom is -0.497 e. The van der Waals surface area contributed by atoms with E-state index >= 15 is 0 Å². The average molecular weight is 357 g/mol. The van der Waals surface area contributed by atoms with Gasteiger partial charge >= 0.3 is 11.9 Å². The van der Waals surface area contributed by atoms with Gasteiger partial charge in [-0.15, -0.1) is 0 Å². The summed E-state index contributed by atoms with van der Waals surface area (Å²) in [4.78, 5) is 30.5. The van der Waals surface area contributed by atoms with Crippen molar-refractivity contribution in [3.05, 3.63) is 35.5 Å². The number of ether oxygens (including phenoxy) is 3. The summed E-state index contributed by atoms with van der Waals surface area (Å²) in [6.45, 7) is 3.85. The number of carbonyl (C=O) groups excluding carboxylic acids is 2. The highest BCUT2D eigenvalue weighted by Gasteiger charge is 2.53. The zero-order valence-corrected chi connectivity index (χ0v) is 15.3. The maximum atomic E-state index is 13.0. The Morgan fingerprint density at radius 1 is 1.15 bits per heavy atom. The first-order chi connectivity index (χ1) is 12.6. The number of aromatic nitrogens is 1. The third-order valence-corrected chi connectivity index (χ3v) is 4.83. The number of benzene rings is 1. The number of methoxy groups -OCH3 is 1. The summed E-state index contributed by atoms with van der Waals surface area (Å²) in [7, 11) is 1.58. The van der Waals surface area contributed by atoms with E-state index in [0.717, 1.165) is 17.4 Å². The average Bonchev–Trinajstić information content (AvgIpc) is 2.67. The van der Waals surface area contributed by atoms with Crippen LogP contribution in [0.25, 0.3) is 10.9 Å². The van der Waals surface area contributed by atoms with E-state index in [2.05, 4.69) is 4.98 Å². The fraction of sp³-hybridized carbons (Fsp3) is 0.450. The number of hydrogen-bond acceptors (Lipinski definition) is 6. The summed E-state index contributed by atoms with van der Waals surface area (Å²) in [6.07, 6.45) is 3.53. The van der Waals surface area contributed by atoms with Gasteiger partial charge in [-0.25, -0.2) is 0 Å². The van der Waals surface area contributed by atoms with Gasteiger partial charge in [-0.05, 0) is 62.4 Å². The van der Waals surface area contributed by atoms with Crippen molar-refractivity contribution in [1.29, 1.82) is 0 Å². The Kier molecular flexibility index (Phi) is 5.11. The molecule has 0 bridgehead atoms. The standard InChI is InChI=1S/C20H23NO5/c1-4-25-18(22)20(19(23)26-5-2)10-6-7-13-12-21-16-9-8-14(24-3)11-15(16)17(13)20/h8-9,11-12H,4-7,10H2,1-3H3. The molecule has 26 heavy (non-hydrogen) atoms. The van der Waals surface area contributed by atoms with Crippen molar-refractivity contribution in [2.75, 3.05) is 20.3 Å². The molecule has 0 N–H and O–H groups in total. The molecule has 1 aliphatic rings. The fourth-order valence-electron chi connectivity index (χ4n) is 3.70. The number of esters is 2. The number of aryl methyl sites for hydroxylation is 1. The van der Waals surface area contributed by atoms with Gasteiger partial charge in [0.25, 0.3) is 0 Å². The van der Waals surface area contributed by atoms with Gasteiger partial charge in [-0.2, -0.15) is 0 Å². The lowest BCUT2D eigenvalue weighted by molar-refractivity contribution is -0.165. The van der Waals surface area contributed by atoms with Crippen LogP contribution in [0, 0.1) is 0 Å². The number of rotatable bonds is 5. The molecule has 1 aromatic carbocycles. The molecule has 0 amide bonds. The zero-order valence-electron chi connectivity index (χ0n) is 15.3. The summed E-state index contributed by atoms with van der Waals surface area (Å²) in [5.74, 6) is -0.482. The van der Waals surface area contributed by atoms with Crippen molar-refractivity contribution < 1.29 is 23.8 Å². The monoisotopic (exact) mass is 357 g/mol. The Morgan fingerprint density at radius 2 is 1.85 bits per heavy atom. The molecule has 1 aromatic heterocycles. The predicted molar refractivity (Wildman–Crippen MR) is 96.2 cm³/mol. The second-order valence-corrected chi connectivity index (χ2v) is 6.24. The summed E-state index contributed by atoms with van der Waals surface area (Å²) in [5.41, 5.74) is 0.750. The van der Waals surface area contributed by atoms with Gasteiger partial charge < -0.3 is 14.2 Å². The Morgan fingerprint density at radius 3 is 2.46 bits per heavy atom. The largest absolute Gasteiger partial charge is 0.497 e. The molecule has 0 atom stereocenters. The van der Waals surface area contributed by atoms with Crippen LogP contribution in [0.5, 0.6) is 5.75 Å². The molecular weight excluding hydrogens is 334 g/mol. The number of carbonyl (C=O) groups is 2. The van der Waals surface area contributed by atoms with E-state index < -0.39 is 17.4 Å². The zero-order chi connectivity index (χ0) is 18.7. The number of fused-ring (bicyclic) bond motifs is 3. The molecule has 6 heteroatoms. The van der Waals surface area contributed by atoms with Gasteiger partial charge in [0.15, 0.2) is 5.41 Å². The molecule has 3 rings (SSSR count). The third-order valence-electron chi connectivity index (χ3n) is 4.83. The van der Waals surface area contributed by atoms with Crippen LogP contribution in [0.15, 0.2) is 24.4 Å². The normalized spacial score (nSPS) is 15.2. The smallest absolute Gasteiger partial charge is 0.328 e. The Bertz CT molecular complexity index is 822. The van der Waals surface area contributed by atoms with E-state index in [1.807, 2.05) is 12.1 Å². The number of nitrogens with zero attached hydrogens (tertiary/aromatic N) is 1. The molecule has 0 spiro atoms. The Labute approximate surface area is 152 Å². The summed E-state index contributed by atoms with van der Waals surface area (Å²) in [6, 6.07) is 5.45. The first-order valence-electron chi connectivity index (χ1n) is 8.89. The van der Waals surface area contributed by atoms with E-state index in [9.17, 15) is 9.59 Å². The highest BCUT2D eigenvalue weighted by Crippen LogP contribution is 2.43. The molecule has 1 heterocycles. The maximum absolute atomic E-state index is 13.0. The fourth-order valence-corrected chi connectivity index (χ4v) is 3.70. The van der Waals surface area contributed by atoms with Gasteiger partial charge in [-0.3, -0.25) is 14.6 Å². The lowest BCUT2D eigenvalue weighted by Gasteiger charge is -2.35. The van der Waals surface area contributed by atoms with E-state index in [1.165, 1.54) is 0 Å². The molecule has 0 radical (unpaired) electrons. The molecule has 0 aliphatic heterocycles. The van der Waals surface area contributed by atoms with Crippen LogP contribution < -0.4 is 4.74 Å². The van der Waals surface area contributed by atoms with Crippen LogP contribution in [0.4, 0.5) is 0 Å². The van der Waals surface area contributed by atoms with Gasteiger partial charge in [0.2, 0.25) is 0 Å². The highest BCUT2D eigenvalue weighted by atomic mass is 16.6. The number of hydrogen-bond donors (Lipinski definition) is 0. The van der Waals surface area contributed by atoms with E-state index in [4.69, 9.17) is 14.2 Å². The Balaban J connectivity index is 2.33. The predicted octanol–water partition coefficient (Wildman–Crippen LogP) is 2.94. The van der Waals surface area contributed by atoms with E-state index in [1.54, 1.807) is 33.2 Å². The summed E-state index contributed by atoms with van der Waals surface area (Å²) < 4.78 is 16.0. The van der Waals surface area contributed by atoms with Crippen LogP contribution in [-0.4, -0.2) is 37.2 Å². The van der Waals surface area contributed by atoms with Gasteiger partial charge in [0, 0.05) is 11.6 Å². The van der Waals surface area contributed by atoms with Crippen LogP contribution in [-0.2, 0) is 30.9 Å². The first kappa shape index (κ1) is 18.2. The molecule has 0 saturated heterocycles. The lowest BCUT2D eigenvalue weighted by atomic mass is 9.69. The second kappa shape index (κ2) is 7.32. The quantitative estimate of drug-likeness (QED) is 0.605. The summed E-state index contributed by atoms with van der Waals surface area (Å²) >= 11 is 0. The van der Waals surface area contributed by atoms with Gasteiger partial charge in [0.05, 0.1) is 25.8 Å². The van der Waals surface area contributed by atoms with Crippen LogP contribution in [0.3, 0.4) is 0 Å². The summed E-state index contributed by atoms with van der Waals surface area (Å²) in [5, 5.41) is 0.725. The van der Waals surface area contributed by atoms with Crippen molar-refractivity contribution in [1.82, 2.24) is 4.98 Å². The Hall–Kier alpha value is -2.63. The van der Waals surface area contributed by atoms with Crippen molar-refractivity contribution in [2.24, 2.45) is 0 Å². The molecule has 0 unspecified atom stereocenters. The highest BCUT2D eigenvalue weighted by molar-refractivity contribution is 6.10. The molecular formula is C20H23NO5. The molecule has 6 nitrogen and oxygen atoms in total. The van der Waals surface area contributed by atoms with Crippen molar-refractivity contribution in [2.45, 2.75) is 38.5 Å². The third kappa shape index (κ3) is 2.79. The first-order valence-corrected chi connectivity index (χ1v) is 8.89. The SMILES string of the molecule is CCOC(=O)C1(C(=O)OCC)CCCc2cnc3ccc(OC)cc3c21. The molecule has 0 saturated carbocycles. The van der Waals surface area contributed by atoms with Gasteiger partial charge in [0.1, 0.15) is 5.75 Å².